The minimum absolute atomic E-state index is 0.262. The average molecular weight is 190 g/mol. The lowest BCUT2D eigenvalue weighted by atomic mass is 10.1. The zero-order valence-electron chi connectivity index (χ0n) is 6.62. The van der Waals surface area contributed by atoms with Crippen LogP contribution in [0, 0.1) is 0 Å². The summed E-state index contributed by atoms with van der Waals surface area (Å²) in [4.78, 5) is 10.5. The Kier molecular flexibility index (Phi) is 5.12. The molecule has 11 heavy (non-hydrogen) atoms. The largest absolute Gasteiger partial charge is 0.302 e. The molecule has 0 aromatic heterocycles. The van der Waals surface area contributed by atoms with Crippen molar-refractivity contribution < 1.29 is 4.79 Å². The summed E-state index contributed by atoms with van der Waals surface area (Å²) in [6.45, 7) is 0. The van der Waals surface area contributed by atoms with Crippen molar-refractivity contribution in [1.82, 2.24) is 0 Å². The summed E-state index contributed by atoms with van der Waals surface area (Å²) in [5.41, 5.74) is 0. The van der Waals surface area contributed by atoms with Gasteiger partial charge in [-0.25, -0.2) is 0 Å². The maximum Gasteiger partial charge on any atom is 0.133 e. The fourth-order valence-electron chi connectivity index (χ4n) is 1.13. The van der Waals surface area contributed by atoms with Crippen LogP contribution in [-0.2, 0) is 4.79 Å². The highest BCUT2D eigenvalue weighted by Gasteiger charge is 2.09. The molecule has 0 saturated carbocycles. The van der Waals surface area contributed by atoms with E-state index >= 15 is 0 Å². The Morgan fingerprint density at radius 1 is 1.18 bits per heavy atom. The molecule has 3 heteroatoms. The van der Waals surface area contributed by atoms with E-state index in [9.17, 15) is 4.79 Å². The third-order valence-electron chi connectivity index (χ3n) is 1.81. The van der Waals surface area contributed by atoms with Crippen molar-refractivity contribution in [2.24, 2.45) is 0 Å². The Balaban J connectivity index is 2.24. The van der Waals surface area contributed by atoms with Crippen molar-refractivity contribution >= 4 is 27.9 Å². The van der Waals surface area contributed by atoms with Crippen LogP contribution in [0.2, 0.25) is 0 Å². The van der Waals surface area contributed by atoms with Crippen molar-refractivity contribution in [2.75, 3.05) is 5.75 Å². The van der Waals surface area contributed by atoms with Crippen LogP contribution in [0.5, 0.6) is 0 Å². The van der Waals surface area contributed by atoms with Gasteiger partial charge in [0.2, 0.25) is 0 Å². The molecular formula is C8H14OS2. The third-order valence-corrected chi connectivity index (χ3v) is 4.64. The first kappa shape index (κ1) is 9.46. The Bertz CT molecular complexity index is 107. The van der Waals surface area contributed by atoms with E-state index < -0.39 is 0 Å². The van der Waals surface area contributed by atoms with Crippen LogP contribution in [0.15, 0.2) is 0 Å². The van der Waals surface area contributed by atoms with Gasteiger partial charge in [0.05, 0.1) is 5.25 Å². The predicted octanol–water partition coefficient (Wildman–Crippen LogP) is 2.90. The number of hydrogen-bond acceptors (Lipinski definition) is 3. The second-order valence-electron chi connectivity index (χ2n) is 2.80. The lowest BCUT2D eigenvalue weighted by molar-refractivity contribution is -0.107. The molecule has 0 aromatic carbocycles. The SMILES string of the molecule is O=CC1CCCCCCSS1. The fourth-order valence-corrected chi connectivity index (χ4v) is 3.63. The van der Waals surface area contributed by atoms with E-state index in [0.717, 1.165) is 12.7 Å². The van der Waals surface area contributed by atoms with Gasteiger partial charge in [-0.3, -0.25) is 0 Å². The Morgan fingerprint density at radius 3 is 2.82 bits per heavy atom. The first-order chi connectivity index (χ1) is 5.43. The van der Waals surface area contributed by atoms with Gasteiger partial charge >= 0.3 is 0 Å². The van der Waals surface area contributed by atoms with Crippen LogP contribution >= 0.6 is 21.6 Å². The molecule has 0 aromatic rings. The molecular weight excluding hydrogens is 176 g/mol. The van der Waals surface area contributed by atoms with Crippen LogP contribution in [0.4, 0.5) is 0 Å². The summed E-state index contributed by atoms with van der Waals surface area (Å²) in [5, 5.41) is 0.262. The molecule has 0 bridgehead atoms. The number of hydrogen-bond donors (Lipinski definition) is 0. The zero-order chi connectivity index (χ0) is 7.94. The van der Waals surface area contributed by atoms with E-state index in [2.05, 4.69) is 0 Å². The van der Waals surface area contributed by atoms with Gasteiger partial charge in [-0.05, 0) is 12.8 Å². The van der Waals surface area contributed by atoms with Gasteiger partial charge in [-0.1, -0.05) is 40.9 Å². The zero-order valence-corrected chi connectivity index (χ0v) is 8.26. The Morgan fingerprint density at radius 2 is 2.00 bits per heavy atom. The van der Waals surface area contributed by atoms with Crippen LogP contribution in [-0.4, -0.2) is 17.3 Å². The van der Waals surface area contributed by atoms with Crippen LogP contribution in [0.3, 0.4) is 0 Å². The van der Waals surface area contributed by atoms with Gasteiger partial charge < -0.3 is 4.79 Å². The summed E-state index contributed by atoms with van der Waals surface area (Å²) >= 11 is 0. The van der Waals surface area contributed by atoms with Gasteiger partial charge in [0.1, 0.15) is 6.29 Å². The molecule has 1 unspecified atom stereocenters. The molecule has 0 radical (unpaired) electrons. The molecule has 64 valence electrons. The van der Waals surface area contributed by atoms with Gasteiger partial charge in [0.15, 0.2) is 0 Å². The molecule has 0 aliphatic carbocycles. The molecule has 1 fully saturated rings. The number of carbonyl (C=O) groups is 1. The number of rotatable bonds is 1. The lowest BCUT2D eigenvalue weighted by Gasteiger charge is -2.04. The Labute approximate surface area is 76.1 Å². The maximum absolute atomic E-state index is 10.5. The van der Waals surface area contributed by atoms with Crippen molar-refractivity contribution in [3.8, 4) is 0 Å². The molecule has 1 aliphatic heterocycles. The van der Waals surface area contributed by atoms with E-state index in [4.69, 9.17) is 0 Å². The minimum Gasteiger partial charge on any atom is -0.302 e. The summed E-state index contributed by atoms with van der Waals surface area (Å²) in [6, 6.07) is 0. The van der Waals surface area contributed by atoms with Crippen molar-refractivity contribution in [3.63, 3.8) is 0 Å². The topological polar surface area (TPSA) is 17.1 Å². The molecule has 1 atom stereocenters. The molecule has 1 saturated heterocycles. The molecule has 0 amide bonds. The molecule has 0 spiro atoms. The number of aldehydes is 1. The van der Waals surface area contributed by atoms with E-state index in [-0.39, 0.29) is 5.25 Å². The molecule has 1 aliphatic rings. The van der Waals surface area contributed by atoms with E-state index in [1.807, 2.05) is 10.8 Å². The van der Waals surface area contributed by atoms with Crippen LogP contribution in [0.25, 0.3) is 0 Å². The van der Waals surface area contributed by atoms with Gasteiger partial charge in [-0.2, -0.15) is 0 Å². The molecule has 1 heterocycles. The molecule has 1 rings (SSSR count). The predicted molar refractivity (Wildman–Crippen MR) is 53.0 cm³/mol. The highest BCUT2D eigenvalue weighted by Crippen LogP contribution is 2.31. The van der Waals surface area contributed by atoms with Crippen molar-refractivity contribution in [3.05, 3.63) is 0 Å². The summed E-state index contributed by atoms with van der Waals surface area (Å²) in [6.07, 6.45) is 7.40. The highest BCUT2D eigenvalue weighted by atomic mass is 33.1. The summed E-state index contributed by atoms with van der Waals surface area (Å²) < 4.78 is 0. The van der Waals surface area contributed by atoms with Crippen molar-refractivity contribution in [2.45, 2.75) is 37.4 Å². The third kappa shape index (κ3) is 4.06. The van der Waals surface area contributed by atoms with Gasteiger partial charge in [0.25, 0.3) is 0 Å². The standard InChI is InChI=1S/C8H14OS2/c9-7-8-5-3-1-2-4-6-10-11-8/h7-8H,1-6H2. The Hall–Kier alpha value is 0.370. The van der Waals surface area contributed by atoms with Crippen molar-refractivity contribution in [1.29, 1.82) is 0 Å². The first-order valence-corrected chi connectivity index (χ1v) is 6.55. The maximum atomic E-state index is 10.5. The summed E-state index contributed by atoms with van der Waals surface area (Å²) in [7, 11) is 3.62. The second kappa shape index (κ2) is 5.95. The van der Waals surface area contributed by atoms with Gasteiger partial charge in [0, 0.05) is 5.75 Å². The van der Waals surface area contributed by atoms with Crippen LogP contribution in [0.1, 0.15) is 32.1 Å². The van der Waals surface area contributed by atoms with E-state index in [0.29, 0.717) is 0 Å². The highest BCUT2D eigenvalue weighted by molar-refractivity contribution is 8.77. The summed E-state index contributed by atoms with van der Waals surface area (Å²) in [5.74, 6) is 1.22. The first-order valence-electron chi connectivity index (χ1n) is 4.17. The minimum atomic E-state index is 0.262. The monoisotopic (exact) mass is 190 g/mol. The molecule has 0 N–H and O–H groups in total. The fraction of sp³-hybridized carbons (Fsp3) is 0.875. The second-order valence-corrected chi connectivity index (χ2v) is 5.52. The molecule has 1 nitrogen and oxygen atoms in total. The van der Waals surface area contributed by atoms with Gasteiger partial charge in [-0.15, -0.1) is 0 Å². The van der Waals surface area contributed by atoms with Crippen LogP contribution < -0.4 is 0 Å². The normalized spacial score (nSPS) is 28.2. The quantitative estimate of drug-likeness (QED) is 0.467. The lowest BCUT2D eigenvalue weighted by Crippen LogP contribution is -2.01. The van der Waals surface area contributed by atoms with E-state index in [1.165, 1.54) is 31.4 Å². The smallest absolute Gasteiger partial charge is 0.133 e. The number of carbonyl (C=O) groups excluding carboxylic acids is 1. The average Bonchev–Trinajstić information content (AvgIpc) is 2.16. The van der Waals surface area contributed by atoms with E-state index in [1.54, 1.807) is 10.8 Å².